The van der Waals surface area contributed by atoms with Crippen molar-refractivity contribution < 1.29 is 4.79 Å². The molecule has 1 nitrogen and oxygen atoms in total. The zero-order valence-corrected chi connectivity index (χ0v) is 11.7. The topological polar surface area (TPSA) is 17.1 Å². The Labute approximate surface area is 111 Å². The quantitative estimate of drug-likeness (QED) is 0.693. The second-order valence-corrected chi connectivity index (χ2v) is 6.70. The number of halogens is 1. The lowest BCUT2D eigenvalue weighted by atomic mass is 9.68. The number of ketones is 1. The fourth-order valence-corrected chi connectivity index (χ4v) is 4.03. The molecule has 0 radical (unpaired) electrons. The first-order valence-electron chi connectivity index (χ1n) is 6.44. The Bertz CT molecular complexity index is 480. The Morgan fingerprint density at radius 3 is 3.00 bits per heavy atom. The van der Waals surface area contributed by atoms with Gasteiger partial charge in [-0.15, -0.1) is 0 Å². The molecule has 2 atom stereocenters. The van der Waals surface area contributed by atoms with Crippen LogP contribution in [0.15, 0.2) is 22.7 Å². The molecule has 2 heteroatoms. The first-order chi connectivity index (χ1) is 8.11. The number of hydrogen-bond donors (Lipinski definition) is 0. The second-order valence-electron chi connectivity index (χ2n) is 5.79. The minimum atomic E-state index is -0.0548. The molecule has 90 valence electrons. The van der Waals surface area contributed by atoms with Crippen molar-refractivity contribution in [2.24, 2.45) is 11.3 Å². The van der Waals surface area contributed by atoms with Gasteiger partial charge >= 0.3 is 0 Å². The Balaban J connectivity index is 2.00. The van der Waals surface area contributed by atoms with Crippen LogP contribution in [-0.4, -0.2) is 5.78 Å². The highest BCUT2D eigenvalue weighted by Gasteiger charge is 2.47. The summed E-state index contributed by atoms with van der Waals surface area (Å²) in [5.41, 5.74) is 2.17. The van der Waals surface area contributed by atoms with Crippen LogP contribution < -0.4 is 0 Å². The first kappa shape index (κ1) is 11.5. The number of carbonyl (C=O) groups is 1. The summed E-state index contributed by atoms with van der Waals surface area (Å²) in [6, 6.07) is 6.18. The highest BCUT2D eigenvalue weighted by atomic mass is 79.9. The maximum atomic E-state index is 12.7. The molecule has 1 spiro atoms. The highest BCUT2D eigenvalue weighted by Crippen LogP contribution is 2.49. The van der Waals surface area contributed by atoms with E-state index in [0.29, 0.717) is 11.7 Å². The van der Waals surface area contributed by atoms with E-state index in [-0.39, 0.29) is 5.41 Å². The van der Waals surface area contributed by atoms with Gasteiger partial charge in [0.05, 0.1) is 0 Å². The number of hydrogen-bond acceptors (Lipinski definition) is 1. The summed E-state index contributed by atoms with van der Waals surface area (Å²) in [6.07, 6.45) is 5.64. The molecule has 0 bridgehead atoms. The summed E-state index contributed by atoms with van der Waals surface area (Å²) < 4.78 is 1.02. The minimum absolute atomic E-state index is 0.0548. The molecule has 1 fully saturated rings. The van der Waals surface area contributed by atoms with Gasteiger partial charge in [0.2, 0.25) is 0 Å². The van der Waals surface area contributed by atoms with Crippen molar-refractivity contribution in [3.8, 4) is 0 Å². The highest BCUT2D eigenvalue weighted by molar-refractivity contribution is 9.10. The lowest BCUT2D eigenvalue weighted by Gasteiger charge is -2.35. The molecule has 0 aromatic heterocycles. The van der Waals surface area contributed by atoms with E-state index in [1.165, 1.54) is 18.4 Å². The van der Waals surface area contributed by atoms with E-state index in [0.717, 1.165) is 29.3 Å². The molecule has 2 unspecified atom stereocenters. The maximum absolute atomic E-state index is 12.7. The van der Waals surface area contributed by atoms with Crippen LogP contribution in [0.1, 0.15) is 48.5 Å². The fraction of sp³-hybridized carbons (Fsp3) is 0.533. The number of carbonyl (C=O) groups excluding carboxylic acids is 1. The molecular weight excluding hydrogens is 276 g/mol. The smallest absolute Gasteiger partial charge is 0.169 e. The fourth-order valence-electron chi connectivity index (χ4n) is 3.67. The zero-order chi connectivity index (χ0) is 12.0. The molecule has 0 amide bonds. The van der Waals surface area contributed by atoms with Crippen LogP contribution in [0.5, 0.6) is 0 Å². The van der Waals surface area contributed by atoms with Gasteiger partial charge < -0.3 is 0 Å². The van der Waals surface area contributed by atoms with Crippen molar-refractivity contribution in [3.05, 3.63) is 33.8 Å². The third-order valence-corrected chi connectivity index (χ3v) is 4.91. The molecular formula is C15H17BrO. The average Bonchev–Trinajstić information content (AvgIpc) is 2.53. The summed E-state index contributed by atoms with van der Waals surface area (Å²) in [5, 5.41) is 0. The molecule has 1 aromatic rings. The van der Waals surface area contributed by atoms with Gasteiger partial charge in [-0.3, -0.25) is 4.79 Å². The molecule has 3 rings (SSSR count). The third-order valence-electron chi connectivity index (χ3n) is 4.42. The Morgan fingerprint density at radius 1 is 1.41 bits per heavy atom. The molecule has 2 aliphatic rings. The standard InChI is InChI=1S/C15H17BrO/c1-10-3-2-6-15(8-10)9-11-4-5-12(16)7-13(11)14(15)17/h4-5,7,10H,2-3,6,8-9H2,1H3. The number of benzene rings is 1. The van der Waals surface area contributed by atoms with Crippen molar-refractivity contribution in [1.82, 2.24) is 0 Å². The van der Waals surface area contributed by atoms with E-state index in [1.54, 1.807) is 0 Å². The summed E-state index contributed by atoms with van der Waals surface area (Å²) in [4.78, 5) is 12.7. The molecule has 2 aliphatic carbocycles. The lowest BCUT2D eigenvalue weighted by Crippen LogP contribution is -2.33. The first-order valence-corrected chi connectivity index (χ1v) is 7.23. The predicted molar refractivity (Wildman–Crippen MR) is 72.2 cm³/mol. The monoisotopic (exact) mass is 292 g/mol. The van der Waals surface area contributed by atoms with E-state index in [9.17, 15) is 4.79 Å². The largest absolute Gasteiger partial charge is 0.294 e. The summed E-state index contributed by atoms with van der Waals surface area (Å²) >= 11 is 3.46. The summed E-state index contributed by atoms with van der Waals surface area (Å²) in [5.74, 6) is 1.10. The molecule has 0 N–H and O–H groups in total. The van der Waals surface area contributed by atoms with E-state index in [1.807, 2.05) is 6.07 Å². The minimum Gasteiger partial charge on any atom is -0.294 e. The Kier molecular flexibility index (Phi) is 2.66. The van der Waals surface area contributed by atoms with E-state index in [4.69, 9.17) is 0 Å². The van der Waals surface area contributed by atoms with Crippen molar-refractivity contribution >= 4 is 21.7 Å². The van der Waals surface area contributed by atoms with Crippen molar-refractivity contribution in [3.63, 3.8) is 0 Å². The number of rotatable bonds is 0. The van der Waals surface area contributed by atoms with Crippen LogP contribution in [0.25, 0.3) is 0 Å². The Morgan fingerprint density at radius 2 is 2.24 bits per heavy atom. The second kappa shape index (κ2) is 3.94. The number of fused-ring (bicyclic) bond motifs is 1. The molecule has 0 aliphatic heterocycles. The van der Waals surface area contributed by atoms with Crippen molar-refractivity contribution in [2.75, 3.05) is 0 Å². The van der Waals surface area contributed by atoms with E-state index < -0.39 is 0 Å². The van der Waals surface area contributed by atoms with Crippen LogP contribution >= 0.6 is 15.9 Å². The van der Waals surface area contributed by atoms with Crippen LogP contribution in [0.4, 0.5) is 0 Å². The third kappa shape index (κ3) is 1.77. The molecule has 0 heterocycles. The lowest BCUT2D eigenvalue weighted by molar-refractivity contribution is 0.0696. The average molecular weight is 293 g/mol. The van der Waals surface area contributed by atoms with Crippen LogP contribution in [0.2, 0.25) is 0 Å². The normalized spacial score (nSPS) is 31.9. The van der Waals surface area contributed by atoms with Crippen LogP contribution in [0.3, 0.4) is 0 Å². The Hall–Kier alpha value is -0.630. The maximum Gasteiger partial charge on any atom is 0.169 e. The van der Waals surface area contributed by atoms with Gasteiger partial charge in [-0.1, -0.05) is 41.8 Å². The molecule has 17 heavy (non-hydrogen) atoms. The van der Waals surface area contributed by atoms with Crippen molar-refractivity contribution in [1.29, 1.82) is 0 Å². The van der Waals surface area contributed by atoms with E-state index >= 15 is 0 Å². The number of Topliss-reactive ketones (excluding diaryl/α,β-unsaturated/α-hetero) is 1. The summed E-state index contributed by atoms with van der Waals surface area (Å²) in [6.45, 7) is 2.28. The van der Waals surface area contributed by atoms with E-state index in [2.05, 4.69) is 35.0 Å². The zero-order valence-electron chi connectivity index (χ0n) is 10.1. The van der Waals surface area contributed by atoms with Crippen LogP contribution in [-0.2, 0) is 6.42 Å². The van der Waals surface area contributed by atoms with Crippen molar-refractivity contribution in [2.45, 2.75) is 39.0 Å². The van der Waals surface area contributed by atoms with Gasteiger partial charge in [-0.2, -0.15) is 0 Å². The molecule has 1 aromatic carbocycles. The van der Waals surface area contributed by atoms with Gasteiger partial charge in [0.25, 0.3) is 0 Å². The predicted octanol–water partition coefficient (Wildman–Crippen LogP) is 4.38. The van der Waals surface area contributed by atoms with Gasteiger partial charge in [0.1, 0.15) is 0 Å². The molecule has 1 saturated carbocycles. The van der Waals surface area contributed by atoms with Crippen LogP contribution in [0, 0.1) is 11.3 Å². The SMILES string of the molecule is CC1CCCC2(Cc3ccc(Br)cc3C2=O)C1. The van der Waals surface area contributed by atoms with Gasteiger partial charge in [-0.05, 0) is 42.9 Å². The molecule has 0 saturated heterocycles. The summed E-state index contributed by atoms with van der Waals surface area (Å²) in [7, 11) is 0. The van der Waals surface area contributed by atoms with Gasteiger partial charge in [-0.25, -0.2) is 0 Å². The van der Waals surface area contributed by atoms with Gasteiger partial charge in [0, 0.05) is 15.5 Å². The van der Waals surface area contributed by atoms with Gasteiger partial charge in [0.15, 0.2) is 5.78 Å².